The van der Waals surface area contributed by atoms with Crippen LogP contribution in [0, 0.1) is 0 Å². The molecule has 2 aliphatic heterocycles. The minimum absolute atomic E-state index is 1.39. The molecule has 36 heteroatoms. The smallest absolute Gasteiger partial charge is 0.197 e. The summed E-state index contributed by atoms with van der Waals surface area (Å²) < 4.78 is 264. The van der Waals surface area contributed by atoms with Gasteiger partial charge in [-0.05, 0) is 0 Å². The molecular formula is C5H4F18N8O2P8+2. The lowest BCUT2D eigenvalue weighted by Crippen LogP contribution is -2.57. The second kappa shape index (κ2) is 11.9. The summed E-state index contributed by atoms with van der Waals surface area (Å²) in [6, 6.07) is 0. The minimum atomic E-state index is -6.82. The maximum atomic E-state index is 14.0. The van der Waals surface area contributed by atoms with E-state index in [1.165, 1.54) is 18.1 Å². The van der Waals surface area contributed by atoms with Crippen LogP contribution in [-0.4, -0.2) is 31.0 Å². The Labute approximate surface area is 216 Å². The molecule has 2 heterocycles. The summed E-state index contributed by atoms with van der Waals surface area (Å²) in [6.07, 6.45) is 0. The van der Waals surface area contributed by atoms with Crippen molar-refractivity contribution in [3.05, 3.63) is 0 Å². The van der Waals surface area contributed by atoms with Crippen LogP contribution in [0.25, 0.3) is 0 Å². The Balaban J connectivity index is 2.34. The van der Waals surface area contributed by atoms with E-state index in [2.05, 4.69) is 9.05 Å². The van der Waals surface area contributed by atoms with Crippen molar-refractivity contribution in [1.82, 2.24) is 0 Å². The predicted molar refractivity (Wildman–Crippen MR) is 115 cm³/mol. The molecule has 2 rings (SSSR count). The largest absolute Gasteiger partial charge is 0.548 e. The quantitative estimate of drug-likeness (QED) is 0.180. The Morgan fingerprint density at radius 2 is 0.707 bits per heavy atom. The molecule has 0 aromatic carbocycles. The standard InChI is InChI=1S/C5H4F18N8O2P8/c6-3(7,1-32-34-24-36(12,13)28-40(20,21)29-37(14,15)25-34)5(10,11)4(8,9)2-33-35-26-38(16,17)30-41(22,23)31-39(18,19)27-35/h1-2H2/q+2. The van der Waals surface area contributed by atoms with E-state index in [0.29, 0.717) is 0 Å². The minimum Gasteiger partial charge on any atom is -0.197 e. The third kappa shape index (κ3) is 10.7. The lowest BCUT2D eigenvalue weighted by atomic mass is 10.1. The van der Waals surface area contributed by atoms with Crippen LogP contribution in [-0.2, 0) is 9.05 Å². The molecule has 2 aliphatic rings. The summed E-state index contributed by atoms with van der Waals surface area (Å²) >= 11 is 0. The third-order valence-corrected chi connectivity index (χ3v) is 16.7. The van der Waals surface area contributed by atoms with Crippen LogP contribution in [0.1, 0.15) is 0 Å². The highest BCUT2D eigenvalue weighted by Gasteiger charge is 2.73. The molecule has 0 bridgehead atoms. The Hall–Kier alpha value is 0.240. The van der Waals surface area contributed by atoms with Gasteiger partial charge in [-0.3, -0.25) is 0 Å². The average Bonchev–Trinajstić information content (AvgIpc) is 2.63. The van der Waals surface area contributed by atoms with Crippen LogP contribution in [0.4, 0.5) is 76.7 Å². The van der Waals surface area contributed by atoms with Gasteiger partial charge in [-0.2, -0.15) is 26.3 Å². The van der Waals surface area contributed by atoms with E-state index in [4.69, 9.17) is 0 Å². The summed E-state index contributed by atoms with van der Waals surface area (Å²) in [5.74, 6) is -19.4. The van der Waals surface area contributed by atoms with Gasteiger partial charge in [0.25, 0.3) is 0 Å². The van der Waals surface area contributed by atoms with E-state index in [9.17, 15) is 76.7 Å². The van der Waals surface area contributed by atoms with Crippen molar-refractivity contribution in [2.75, 3.05) is 13.2 Å². The summed E-state index contributed by atoms with van der Waals surface area (Å²) in [5.41, 5.74) is 0. The molecule has 240 valence electrons. The highest BCUT2D eigenvalue weighted by Crippen LogP contribution is 2.80. The summed E-state index contributed by atoms with van der Waals surface area (Å²) in [7, 11) is -49.2. The van der Waals surface area contributed by atoms with E-state index in [-0.39, 0.29) is 0 Å². The molecule has 0 aromatic rings. The van der Waals surface area contributed by atoms with Gasteiger partial charge in [-0.15, -0.1) is 77.5 Å². The maximum Gasteiger partial charge on any atom is 0.548 e. The van der Waals surface area contributed by atoms with Crippen molar-refractivity contribution in [3.63, 3.8) is 0 Å². The Kier molecular flexibility index (Phi) is 10.8. The zero-order valence-corrected chi connectivity index (χ0v) is 24.8. The van der Waals surface area contributed by atoms with Gasteiger partial charge in [0.05, 0.1) is 18.1 Å². The van der Waals surface area contributed by atoms with Crippen LogP contribution in [0.15, 0.2) is 36.1 Å². The van der Waals surface area contributed by atoms with Gasteiger partial charge in [0, 0.05) is 0 Å². The molecule has 0 spiro atoms. The second-order valence-corrected chi connectivity index (χ2v) is 19.2. The van der Waals surface area contributed by atoms with Crippen LogP contribution >= 0.6 is 63.1 Å². The summed E-state index contributed by atoms with van der Waals surface area (Å²) in [4.78, 5) is 0. The van der Waals surface area contributed by atoms with E-state index in [0.717, 1.165) is 0 Å². The number of alkyl halides is 6. The first-order chi connectivity index (χ1) is 17.9. The van der Waals surface area contributed by atoms with E-state index in [1.807, 2.05) is 18.1 Å². The molecule has 2 atom stereocenters. The lowest BCUT2D eigenvalue weighted by molar-refractivity contribution is -0.319. The highest BCUT2D eigenvalue weighted by molar-refractivity contribution is 7.76. The molecule has 0 N–H and O–H groups in total. The number of halogens is 18. The summed E-state index contributed by atoms with van der Waals surface area (Å²) in [6.45, 7) is -6.40. The SMILES string of the molecule is FC(F)(CO/[P+]1=N/P(F)(F)=NP(F)(F)=NP(F)(F)=N1)C(F)(F)C(F)(F)CO/[P+]1=N/P(F)(F)=NP(F)(F)=NP(F)(F)=N1. The topological polar surface area (TPSA) is 117 Å². The highest BCUT2D eigenvalue weighted by atomic mass is 31.3. The molecule has 0 amide bonds. The molecule has 0 fully saturated rings. The number of rotatable bonds is 8. The van der Waals surface area contributed by atoms with E-state index in [1.54, 1.807) is 0 Å². The Morgan fingerprint density at radius 3 is 1.00 bits per heavy atom. The van der Waals surface area contributed by atoms with Crippen molar-refractivity contribution in [3.8, 4) is 0 Å². The van der Waals surface area contributed by atoms with Crippen molar-refractivity contribution in [2.24, 2.45) is 36.1 Å². The third-order valence-electron chi connectivity index (χ3n) is 3.24. The fraction of sp³-hybridized carbons (Fsp3) is 1.00. The van der Waals surface area contributed by atoms with Crippen LogP contribution in [0.3, 0.4) is 0 Å². The van der Waals surface area contributed by atoms with E-state index >= 15 is 0 Å². The number of hydrogen-bond donors (Lipinski definition) is 0. The Morgan fingerprint density at radius 1 is 0.439 bits per heavy atom. The van der Waals surface area contributed by atoms with Gasteiger partial charge in [0.1, 0.15) is 0 Å². The normalized spacial score (nSPS) is 27.5. The van der Waals surface area contributed by atoms with E-state index < -0.39 is 94.1 Å². The van der Waals surface area contributed by atoms with Gasteiger partial charge in [0.2, 0.25) is 0 Å². The first-order valence-electron chi connectivity index (χ1n) is 8.51. The maximum absolute atomic E-state index is 14.0. The Bertz CT molecular complexity index is 1350. The first-order valence-corrected chi connectivity index (χ1v) is 19.7. The molecule has 41 heavy (non-hydrogen) atoms. The van der Waals surface area contributed by atoms with Gasteiger partial charge in [0.15, 0.2) is 13.2 Å². The molecule has 0 aromatic heterocycles. The van der Waals surface area contributed by atoms with Crippen LogP contribution < -0.4 is 0 Å². The van der Waals surface area contributed by atoms with Crippen molar-refractivity contribution >= 4 is 63.1 Å². The van der Waals surface area contributed by atoms with Crippen molar-refractivity contribution < 1.29 is 85.8 Å². The lowest BCUT2D eigenvalue weighted by Gasteiger charge is -2.30. The molecule has 2 unspecified atom stereocenters. The summed E-state index contributed by atoms with van der Waals surface area (Å²) in [5, 5.41) is 0. The molecule has 0 saturated carbocycles. The van der Waals surface area contributed by atoms with Crippen molar-refractivity contribution in [1.29, 1.82) is 0 Å². The fourth-order valence-corrected chi connectivity index (χ4v) is 14.1. The van der Waals surface area contributed by atoms with Gasteiger partial charge < -0.3 is 0 Å². The first kappa shape index (κ1) is 37.4. The predicted octanol–water partition coefficient (Wildman–Crippen LogP) is 15.3. The van der Waals surface area contributed by atoms with Crippen LogP contribution in [0.2, 0.25) is 0 Å². The molecule has 0 radical (unpaired) electrons. The van der Waals surface area contributed by atoms with Gasteiger partial charge >= 0.3 is 80.9 Å². The number of hydrogen-bond acceptors (Lipinski definition) is 10. The monoisotopic (exact) mass is 798 g/mol. The van der Waals surface area contributed by atoms with Gasteiger partial charge in [-0.25, -0.2) is 0 Å². The second-order valence-electron chi connectivity index (χ2n) is 6.49. The zero-order valence-electron chi connectivity index (χ0n) is 17.7. The average molecular weight is 798 g/mol. The molecule has 0 saturated heterocycles. The molecular weight excluding hydrogens is 794 g/mol. The molecule has 0 aliphatic carbocycles. The van der Waals surface area contributed by atoms with Crippen LogP contribution in [0.5, 0.6) is 0 Å². The number of nitrogens with zero attached hydrogens (tertiary/aromatic N) is 8. The van der Waals surface area contributed by atoms with Crippen molar-refractivity contribution in [2.45, 2.75) is 17.8 Å². The fourth-order valence-electron chi connectivity index (χ4n) is 1.86. The molecule has 10 nitrogen and oxygen atoms in total. The zero-order chi connectivity index (χ0) is 32.1. The van der Waals surface area contributed by atoms with Gasteiger partial charge in [-0.1, -0.05) is 0 Å².